The average Bonchev–Trinajstić information content (AvgIpc) is 2.87. The highest BCUT2D eigenvalue weighted by Crippen LogP contribution is 2.24. The fourth-order valence-corrected chi connectivity index (χ4v) is 14.5. The van der Waals surface area contributed by atoms with E-state index < -0.39 is 22.4 Å². The van der Waals surface area contributed by atoms with Crippen LogP contribution in [0.15, 0.2) is 9.98 Å². The van der Waals surface area contributed by atoms with Crippen LogP contribution >= 0.6 is 130 Å². The second kappa shape index (κ2) is 32.8. The average molecular weight is 746 g/mol. The minimum Gasteiger partial charge on any atom is -0.610 e. The second-order valence-corrected chi connectivity index (χ2v) is 21.2. The van der Waals surface area contributed by atoms with Crippen LogP contribution in [0.2, 0.25) is 0 Å². The molecule has 0 aliphatic rings. The molecule has 0 bridgehead atoms. The maximum Gasteiger partial charge on any atom is 0.280 e. The monoisotopic (exact) mass is 745 g/mol. The number of hydrogen-bond acceptors (Lipinski definition) is 17. The zero-order chi connectivity index (χ0) is 26.5. The van der Waals surface area contributed by atoms with Gasteiger partial charge in [0.1, 0.15) is 0 Å². The second-order valence-electron chi connectivity index (χ2n) is 5.39. The smallest absolute Gasteiger partial charge is 0.280 e. The summed E-state index contributed by atoms with van der Waals surface area (Å²) in [6.45, 7) is 0. The molecule has 0 heterocycles. The number of thiol groups is 1. The molecular weight excluding hydrogens is 715 g/mol. The van der Waals surface area contributed by atoms with Crippen LogP contribution < -0.4 is 5.32 Å². The van der Waals surface area contributed by atoms with E-state index in [1.165, 1.54) is 34.6 Å². The first-order valence-corrected chi connectivity index (χ1v) is 24.4. The fraction of sp³-hybridized carbons (Fsp3) is 0.812. The number of carbonyl (C=O) groups is 1. The van der Waals surface area contributed by atoms with Crippen LogP contribution in [-0.2, 0) is 22.4 Å². The van der Waals surface area contributed by atoms with Crippen molar-refractivity contribution in [3.63, 3.8) is 0 Å². The third kappa shape index (κ3) is 31.8. The number of aliphatic hydroxyl groups is 1. The van der Waals surface area contributed by atoms with Crippen molar-refractivity contribution in [3.05, 3.63) is 0 Å². The van der Waals surface area contributed by atoms with E-state index in [-0.39, 0.29) is 11.2 Å². The number of hydrogen-bond donors (Lipinski definition) is 3. The minimum absolute atomic E-state index is 0.0204. The maximum atomic E-state index is 11.8. The fourth-order valence-electron chi connectivity index (χ4n) is 1.44. The van der Waals surface area contributed by atoms with Gasteiger partial charge in [-0.05, 0) is 0 Å². The number of amides is 1. The van der Waals surface area contributed by atoms with E-state index in [4.69, 9.17) is 5.11 Å². The number of carbonyl (C=O) groups excluding carboxylic acids is 1. The van der Waals surface area contributed by atoms with Crippen LogP contribution in [0.25, 0.3) is 0 Å². The molecule has 0 aliphatic carbocycles. The minimum atomic E-state index is -1.11. The lowest BCUT2D eigenvalue weighted by atomic mass is 11.2. The molecule has 212 valence electrons. The van der Waals surface area contributed by atoms with Crippen molar-refractivity contribution in [2.75, 3.05) is 69.3 Å². The molecule has 0 fully saturated rings. The zero-order valence-electron chi connectivity index (χ0n) is 19.3. The number of aliphatic imine (C=N–C) groups is 2. The summed E-state index contributed by atoms with van der Waals surface area (Å²) in [5.41, 5.74) is 2.91. The topological polar surface area (TPSA) is 120 Å². The Morgan fingerprint density at radius 1 is 0.778 bits per heavy atom. The molecule has 1 amide bonds. The molecule has 0 aliphatic heterocycles. The van der Waals surface area contributed by atoms with Crippen molar-refractivity contribution in [2.24, 2.45) is 9.98 Å². The Kier molecular flexibility index (Phi) is 35.7. The zero-order valence-corrected chi connectivity index (χ0v) is 30.0. The summed E-state index contributed by atoms with van der Waals surface area (Å²) in [7, 11) is 0. The highest BCUT2D eigenvalue weighted by atomic mass is 32.3. The standard InChI is InChI=1S/C16H31N3O4S13/c20-6-27-14-36(23)5-18-2-25-7-28-9-29-8-26-3-19-16(21)34-13-32-11-30-10-31-12-33-15-35(22)4-17-1-24/h4-5,20,24H,1-3,6-15H2,(H,19,21)/b17-4+,18-5+. The Hall–Kier alpha value is 3.24. The predicted molar refractivity (Wildman–Crippen MR) is 192 cm³/mol. The van der Waals surface area contributed by atoms with Gasteiger partial charge in [0.25, 0.3) is 5.24 Å². The number of aliphatic hydroxyl groups excluding tert-OH is 1. The Bertz CT molecular complexity index is 557. The summed E-state index contributed by atoms with van der Waals surface area (Å²) in [5.74, 6) is 1.57. The predicted octanol–water partition coefficient (Wildman–Crippen LogP) is 5.95. The molecule has 2 unspecified atom stereocenters. The van der Waals surface area contributed by atoms with Crippen LogP contribution in [0, 0.1) is 0 Å². The molecular formula is C16H31N3O4S13. The Morgan fingerprint density at radius 2 is 1.31 bits per heavy atom. The summed E-state index contributed by atoms with van der Waals surface area (Å²) in [5, 5.41) is 19.0. The Morgan fingerprint density at radius 3 is 1.94 bits per heavy atom. The third-order valence-electron chi connectivity index (χ3n) is 2.71. The number of rotatable bonds is 26. The molecule has 2 atom stereocenters. The lowest BCUT2D eigenvalue weighted by Gasteiger charge is -2.05. The molecule has 0 radical (unpaired) electrons. The van der Waals surface area contributed by atoms with Crippen LogP contribution in [0.4, 0.5) is 4.79 Å². The van der Waals surface area contributed by atoms with E-state index >= 15 is 0 Å². The van der Waals surface area contributed by atoms with Crippen molar-refractivity contribution in [2.45, 2.75) is 0 Å². The maximum absolute atomic E-state index is 11.8. The normalized spacial score (nSPS) is 13.6. The molecule has 0 saturated carbocycles. The quantitative estimate of drug-likeness (QED) is 0.0242. The van der Waals surface area contributed by atoms with Gasteiger partial charge < -0.3 is 19.5 Å². The highest BCUT2D eigenvalue weighted by molar-refractivity contribution is 8.31. The molecule has 20 heteroatoms. The van der Waals surface area contributed by atoms with Gasteiger partial charge in [0.15, 0.2) is 10.2 Å². The highest BCUT2D eigenvalue weighted by Gasteiger charge is 2.04. The molecule has 36 heavy (non-hydrogen) atoms. The summed E-state index contributed by atoms with van der Waals surface area (Å²) in [6.07, 6.45) is 0. The lowest BCUT2D eigenvalue weighted by Crippen LogP contribution is -2.17. The van der Waals surface area contributed by atoms with Gasteiger partial charge in [-0.15, -0.1) is 82.3 Å². The summed E-state index contributed by atoms with van der Waals surface area (Å²) >= 11 is 18.4. The van der Waals surface area contributed by atoms with Gasteiger partial charge in [0.05, 0.1) is 23.6 Å². The van der Waals surface area contributed by atoms with Gasteiger partial charge >= 0.3 is 0 Å². The van der Waals surface area contributed by atoms with Crippen LogP contribution in [0.3, 0.4) is 0 Å². The van der Waals surface area contributed by atoms with E-state index in [0.717, 1.165) is 35.6 Å². The molecule has 0 rings (SSSR count). The van der Waals surface area contributed by atoms with Gasteiger partial charge in [-0.2, -0.15) is 12.6 Å². The van der Waals surface area contributed by atoms with E-state index in [1.807, 2.05) is 47.0 Å². The van der Waals surface area contributed by atoms with E-state index in [9.17, 15) is 13.9 Å². The van der Waals surface area contributed by atoms with Crippen molar-refractivity contribution >= 4 is 169 Å². The van der Waals surface area contributed by atoms with Gasteiger partial charge in [-0.25, -0.2) is 9.98 Å². The van der Waals surface area contributed by atoms with Crippen molar-refractivity contribution < 1.29 is 19.0 Å². The van der Waals surface area contributed by atoms with Crippen LogP contribution in [0.5, 0.6) is 0 Å². The van der Waals surface area contributed by atoms with Gasteiger partial charge in [0.2, 0.25) is 11.1 Å². The van der Waals surface area contributed by atoms with E-state index in [1.54, 1.807) is 47.0 Å². The SMILES string of the molecule is O=C(NCSCSCSCSC/N=C/[S+]([O-])CSCO)SCSCSCSCSC[S+]([O-])/C=N/CS. The molecule has 0 spiro atoms. The number of thioether (sulfide) groups is 10. The molecule has 2 N–H and O–H groups in total. The third-order valence-corrected chi connectivity index (χ3v) is 17.2. The molecule has 0 saturated heterocycles. The molecule has 0 aromatic heterocycles. The molecule has 7 nitrogen and oxygen atoms in total. The van der Waals surface area contributed by atoms with Gasteiger partial charge in [-0.1, -0.05) is 35.3 Å². The first kappa shape index (κ1) is 39.2. The van der Waals surface area contributed by atoms with Gasteiger partial charge in [0, 0.05) is 57.9 Å². The largest absolute Gasteiger partial charge is 0.610 e. The van der Waals surface area contributed by atoms with Crippen molar-refractivity contribution in [1.82, 2.24) is 5.32 Å². The first-order valence-electron chi connectivity index (χ1n) is 9.66. The summed E-state index contributed by atoms with van der Waals surface area (Å²) in [4.78, 5) is 19.8. The van der Waals surface area contributed by atoms with Crippen LogP contribution in [-0.4, -0.2) is 99.9 Å². The van der Waals surface area contributed by atoms with E-state index in [2.05, 4.69) is 27.9 Å². The number of nitrogens with one attached hydrogen (secondary N) is 1. The van der Waals surface area contributed by atoms with E-state index in [0.29, 0.717) is 27.8 Å². The Balaban J connectivity index is 3.29. The molecule has 0 aromatic rings. The lowest BCUT2D eigenvalue weighted by molar-refractivity contribution is 0.262. The number of nitrogens with zero attached hydrogens (tertiary/aromatic N) is 2. The van der Waals surface area contributed by atoms with Gasteiger partial charge in [-0.3, -0.25) is 4.79 Å². The molecule has 0 aromatic carbocycles. The Labute approximate surface area is 269 Å². The summed E-state index contributed by atoms with van der Waals surface area (Å²) < 4.78 is 22.9. The first-order chi connectivity index (χ1) is 17.6. The van der Waals surface area contributed by atoms with Crippen LogP contribution in [0.1, 0.15) is 0 Å². The van der Waals surface area contributed by atoms with Crippen molar-refractivity contribution in [3.8, 4) is 0 Å². The summed E-state index contributed by atoms with van der Waals surface area (Å²) in [6, 6.07) is 0. The van der Waals surface area contributed by atoms with Crippen molar-refractivity contribution in [1.29, 1.82) is 0 Å².